The Hall–Kier alpha value is -0.570. The first-order valence-corrected chi connectivity index (χ1v) is 5.70. The highest BCUT2D eigenvalue weighted by Crippen LogP contribution is 2.25. The quantitative estimate of drug-likeness (QED) is 0.672. The zero-order valence-corrected chi connectivity index (χ0v) is 9.31. The number of nitrogens with one attached hydrogen (secondary N) is 2. The summed E-state index contributed by atoms with van der Waals surface area (Å²) < 4.78 is 0. The molecular weight excluding hydrogens is 176 g/mol. The molecule has 1 unspecified atom stereocenters. The summed E-state index contributed by atoms with van der Waals surface area (Å²) in [4.78, 5) is 11.7. The molecule has 1 amide bonds. The molecule has 3 nitrogen and oxygen atoms in total. The lowest BCUT2D eigenvalue weighted by molar-refractivity contribution is -0.125. The smallest absolute Gasteiger partial charge is 0.224 e. The fraction of sp³-hybridized carbons (Fsp3) is 0.909. The third kappa shape index (κ3) is 3.29. The van der Waals surface area contributed by atoms with Crippen LogP contribution in [0.2, 0.25) is 0 Å². The van der Waals surface area contributed by atoms with Gasteiger partial charge in [0.05, 0.1) is 5.92 Å². The van der Waals surface area contributed by atoms with Crippen molar-refractivity contribution >= 4 is 5.91 Å². The van der Waals surface area contributed by atoms with Crippen molar-refractivity contribution in [1.29, 1.82) is 0 Å². The Bertz CT molecular complexity index is 178. The van der Waals surface area contributed by atoms with Crippen molar-refractivity contribution in [3.8, 4) is 0 Å². The van der Waals surface area contributed by atoms with Gasteiger partial charge in [0.1, 0.15) is 0 Å². The van der Waals surface area contributed by atoms with Gasteiger partial charge in [-0.3, -0.25) is 4.79 Å². The number of carbonyl (C=O) groups is 1. The van der Waals surface area contributed by atoms with Crippen LogP contribution in [-0.2, 0) is 4.79 Å². The molecule has 1 aliphatic carbocycles. The molecule has 1 atom stereocenters. The molecule has 1 aliphatic rings. The molecule has 0 aromatic heterocycles. The van der Waals surface area contributed by atoms with Crippen LogP contribution in [0.1, 0.15) is 32.6 Å². The summed E-state index contributed by atoms with van der Waals surface area (Å²) >= 11 is 0. The summed E-state index contributed by atoms with van der Waals surface area (Å²) in [6, 6.07) is 0. The molecule has 0 heterocycles. The van der Waals surface area contributed by atoms with Crippen molar-refractivity contribution in [2.24, 2.45) is 11.8 Å². The van der Waals surface area contributed by atoms with Crippen molar-refractivity contribution in [1.82, 2.24) is 10.6 Å². The Morgan fingerprint density at radius 3 is 2.64 bits per heavy atom. The molecule has 0 bridgehead atoms. The van der Waals surface area contributed by atoms with Gasteiger partial charge >= 0.3 is 0 Å². The maximum Gasteiger partial charge on any atom is 0.224 e. The van der Waals surface area contributed by atoms with Gasteiger partial charge in [0, 0.05) is 13.1 Å². The second kappa shape index (κ2) is 6.02. The van der Waals surface area contributed by atoms with E-state index in [0.29, 0.717) is 0 Å². The van der Waals surface area contributed by atoms with Crippen molar-refractivity contribution in [3.63, 3.8) is 0 Å². The zero-order chi connectivity index (χ0) is 10.4. The summed E-state index contributed by atoms with van der Waals surface area (Å²) in [6.07, 6.45) is 4.85. The number of hydrogen-bond acceptors (Lipinski definition) is 2. The van der Waals surface area contributed by atoms with Crippen LogP contribution in [0.4, 0.5) is 0 Å². The summed E-state index contributed by atoms with van der Waals surface area (Å²) in [5.41, 5.74) is 0. The maximum absolute atomic E-state index is 11.7. The second-order valence-corrected chi connectivity index (χ2v) is 4.20. The van der Waals surface area contributed by atoms with Gasteiger partial charge in [-0.05, 0) is 32.2 Å². The highest BCUT2D eigenvalue weighted by Gasteiger charge is 2.20. The van der Waals surface area contributed by atoms with E-state index in [1.165, 1.54) is 19.3 Å². The SMILES string of the molecule is CCC(CNC)C(=O)NCC1CCC1. The molecule has 2 N–H and O–H groups in total. The lowest BCUT2D eigenvalue weighted by Gasteiger charge is -2.26. The van der Waals surface area contributed by atoms with Crippen molar-refractivity contribution < 1.29 is 4.79 Å². The fourth-order valence-corrected chi connectivity index (χ4v) is 1.76. The van der Waals surface area contributed by atoms with Crippen LogP contribution in [0.15, 0.2) is 0 Å². The molecule has 0 aromatic rings. The van der Waals surface area contributed by atoms with E-state index in [-0.39, 0.29) is 11.8 Å². The molecule has 0 aromatic carbocycles. The topological polar surface area (TPSA) is 41.1 Å². The van der Waals surface area contributed by atoms with Gasteiger partial charge < -0.3 is 10.6 Å². The summed E-state index contributed by atoms with van der Waals surface area (Å²) in [5.74, 6) is 1.11. The largest absolute Gasteiger partial charge is 0.356 e. The first-order valence-electron chi connectivity index (χ1n) is 5.70. The zero-order valence-electron chi connectivity index (χ0n) is 9.31. The average Bonchev–Trinajstić information content (AvgIpc) is 2.11. The lowest BCUT2D eigenvalue weighted by Crippen LogP contribution is -2.39. The molecule has 3 heteroatoms. The Morgan fingerprint density at radius 1 is 1.50 bits per heavy atom. The predicted octanol–water partition coefficient (Wildman–Crippen LogP) is 1.15. The van der Waals surface area contributed by atoms with Crippen molar-refractivity contribution in [2.75, 3.05) is 20.1 Å². The van der Waals surface area contributed by atoms with E-state index in [1.807, 2.05) is 7.05 Å². The Kier molecular flexibility index (Phi) is 4.94. The Balaban J connectivity index is 2.16. The molecular formula is C11H22N2O. The summed E-state index contributed by atoms with van der Waals surface area (Å²) in [7, 11) is 1.89. The molecule has 0 spiro atoms. The van der Waals surface area contributed by atoms with Crippen LogP contribution in [0.25, 0.3) is 0 Å². The minimum absolute atomic E-state index is 0.139. The average molecular weight is 198 g/mol. The highest BCUT2D eigenvalue weighted by molar-refractivity contribution is 5.78. The van der Waals surface area contributed by atoms with E-state index in [1.54, 1.807) is 0 Å². The first kappa shape index (κ1) is 11.5. The maximum atomic E-state index is 11.7. The van der Waals surface area contributed by atoms with Gasteiger partial charge in [-0.25, -0.2) is 0 Å². The second-order valence-electron chi connectivity index (χ2n) is 4.20. The number of carbonyl (C=O) groups excluding carboxylic acids is 1. The molecule has 0 saturated heterocycles. The predicted molar refractivity (Wildman–Crippen MR) is 58.1 cm³/mol. The van der Waals surface area contributed by atoms with Crippen LogP contribution < -0.4 is 10.6 Å². The summed E-state index contributed by atoms with van der Waals surface area (Å²) in [6.45, 7) is 3.73. The van der Waals surface area contributed by atoms with Crippen LogP contribution in [-0.4, -0.2) is 26.0 Å². The normalized spacial score (nSPS) is 18.7. The minimum atomic E-state index is 0.139. The third-order valence-corrected chi connectivity index (χ3v) is 3.10. The Morgan fingerprint density at radius 2 is 2.21 bits per heavy atom. The number of amides is 1. The van der Waals surface area contributed by atoms with Gasteiger partial charge in [0.25, 0.3) is 0 Å². The Labute approximate surface area is 86.6 Å². The summed E-state index contributed by atoms with van der Waals surface area (Å²) in [5, 5.41) is 6.10. The van der Waals surface area contributed by atoms with Gasteiger partial charge in [-0.15, -0.1) is 0 Å². The van der Waals surface area contributed by atoms with Gasteiger partial charge in [0.15, 0.2) is 0 Å². The molecule has 14 heavy (non-hydrogen) atoms. The van der Waals surface area contributed by atoms with Crippen molar-refractivity contribution in [3.05, 3.63) is 0 Å². The van der Waals surface area contributed by atoms with E-state index in [2.05, 4.69) is 17.6 Å². The fourth-order valence-electron chi connectivity index (χ4n) is 1.76. The van der Waals surface area contributed by atoms with Crippen LogP contribution in [0.3, 0.4) is 0 Å². The van der Waals surface area contributed by atoms with E-state index < -0.39 is 0 Å². The highest BCUT2D eigenvalue weighted by atomic mass is 16.1. The van der Waals surface area contributed by atoms with Crippen LogP contribution in [0.5, 0.6) is 0 Å². The molecule has 1 saturated carbocycles. The first-order chi connectivity index (χ1) is 6.77. The molecule has 1 rings (SSSR count). The standard InChI is InChI=1S/C11H22N2O/c1-3-10(8-12-2)11(14)13-7-9-5-4-6-9/h9-10,12H,3-8H2,1-2H3,(H,13,14). The molecule has 0 aliphatic heterocycles. The van der Waals surface area contributed by atoms with E-state index in [0.717, 1.165) is 25.4 Å². The number of rotatable bonds is 6. The van der Waals surface area contributed by atoms with E-state index in [9.17, 15) is 4.79 Å². The third-order valence-electron chi connectivity index (χ3n) is 3.10. The number of hydrogen-bond donors (Lipinski definition) is 2. The van der Waals surface area contributed by atoms with E-state index >= 15 is 0 Å². The minimum Gasteiger partial charge on any atom is -0.356 e. The van der Waals surface area contributed by atoms with E-state index in [4.69, 9.17) is 0 Å². The molecule has 82 valence electrons. The van der Waals surface area contributed by atoms with Crippen LogP contribution in [0, 0.1) is 11.8 Å². The van der Waals surface area contributed by atoms with Gasteiger partial charge in [-0.1, -0.05) is 13.3 Å². The van der Waals surface area contributed by atoms with Gasteiger partial charge in [-0.2, -0.15) is 0 Å². The molecule has 1 fully saturated rings. The van der Waals surface area contributed by atoms with Crippen LogP contribution >= 0.6 is 0 Å². The monoisotopic (exact) mass is 198 g/mol. The lowest BCUT2D eigenvalue weighted by atomic mass is 9.85. The van der Waals surface area contributed by atoms with Gasteiger partial charge in [0.2, 0.25) is 5.91 Å². The van der Waals surface area contributed by atoms with Crippen molar-refractivity contribution in [2.45, 2.75) is 32.6 Å². The molecule has 0 radical (unpaired) electrons.